The average molecular weight is 258 g/mol. The molecule has 4 heteroatoms. The van der Waals surface area contributed by atoms with E-state index in [2.05, 4.69) is 6.58 Å². The van der Waals surface area contributed by atoms with E-state index in [0.29, 0.717) is 11.8 Å². The minimum Gasteiger partial charge on any atom is -0.289 e. The molecule has 0 aromatic heterocycles. The Labute approximate surface area is 104 Å². The normalized spacial score (nSPS) is 46.2. The first-order chi connectivity index (χ1) is 8.36. The Morgan fingerprint density at radius 1 is 1.17 bits per heavy atom. The van der Waals surface area contributed by atoms with Crippen molar-refractivity contribution in [2.45, 2.75) is 38.3 Å². The lowest BCUT2D eigenvalue weighted by Crippen LogP contribution is -2.56. The van der Waals surface area contributed by atoms with Gasteiger partial charge in [0.25, 0.3) is 0 Å². The van der Waals surface area contributed by atoms with Crippen LogP contribution in [0.5, 0.6) is 0 Å². The molecule has 4 aliphatic rings. The molecule has 0 N–H and O–H groups in total. The van der Waals surface area contributed by atoms with Gasteiger partial charge in [0.15, 0.2) is 0 Å². The third-order valence-electron chi connectivity index (χ3n) is 5.34. The molecule has 4 fully saturated rings. The molecule has 18 heavy (non-hydrogen) atoms. The lowest BCUT2D eigenvalue weighted by Gasteiger charge is -2.59. The zero-order chi connectivity index (χ0) is 13.1. The molecule has 0 heterocycles. The smallest absolute Gasteiger partial charge is 0.289 e. The number of carbonyl (C=O) groups excluding carboxylic acids is 1. The van der Waals surface area contributed by atoms with Gasteiger partial charge in [-0.05, 0) is 55.3 Å². The van der Waals surface area contributed by atoms with Gasteiger partial charge >= 0.3 is 6.18 Å². The third kappa shape index (κ3) is 1.57. The van der Waals surface area contributed by atoms with Crippen molar-refractivity contribution < 1.29 is 18.0 Å². The summed E-state index contributed by atoms with van der Waals surface area (Å²) in [7, 11) is 0. The molecule has 0 aromatic carbocycles. The molecule has 0 spiro atoms. The molecule has 0 aromatic rings. The fourth-order valence-corrected chi connectivity index (χ4v) is 5.05. The van der Waals surface area contributed by atoms with Crippen molar-refractivity contribution in [1.82, 2.24) is 0 Å². The summed E-state index contributed by atoms with van der Waals surface area (Å²) in [5.41, 5.74) is -0.568. The maximum Gasteiger partial charge on any atom is 0.450 e. The highest BCUT2D eigenvalue weighted by atomic mass is 19.4. The number of ketones is 1. The Morgan fingerprint density at radius 3 is 2.17 bits per heavy atom. The lowest BCUT2D eigenvalue weighted by atomic mass is 9.44. The summed E-state index contributed by atoms with van der Waals surface area (Å²) in [4.78, 5) is 11.7. The van der Waals surface area contributed by atoms with Gasteiger partial charge in [0.05, 0.1) is 0 Å². The second kappa shape index (κ2) is 3.61. The van der Waals surface area contributed by atoms with Gasteiger partial charge in [-0.3, -0.25) is 4.79 Å². The molecule has 100 valence electrons. The van der Waals surface area contributed by atoms with Crippen LogP contribution < -0.4 is 0 Å². The number of hydrogen-bond acceptors (Lipinski definition) is 1. The Morgan fingerprint density at radius 2 is 1.72 bits per heavy atom. The first-order valence-electron chi connectivity index (χ1n) is 6.60. The highest BCUT2D eigenvalue weighted by Crippen LogP contribution is 2.64. The van der Waals surface area contributed by atoms with Crippen LogP contribution in [0.1, 0.15) is 32.1 Å². The summed E-state index contributed by atoms with van der Waals surface area (Å²) in [6.07, 6.45) is 1.17. The summed E-state index contributed by atoms with van der Waals surface area (Å²) in [5, 5.41) is 0. The molecule has 0 radical (unpaired) electrons. The zero-order valence-electron chi connectivity index (χ0n) is 10.2. The van der Waals surface area contributed by atoms with E-state index < -0.39 is 23.3 Å². The molecular weight excluding hydrogens is 241 g/mol. The quantitative estimate of drug-likeness (QED) is 0.689. The van der Waals surface area contributed by atoms with Gasteiger partial charge in [0.2, 0.25) is 5.78 Å². The molecule has 0 amide bonds. The van der Waals surface area contributed by atoms with Gasteiger partial charge in [-0.1, -0.05) is 6.08 Å². The number of rotatable bonds is 2. The molecule has 3 atom stereocenters. The van der Waals surface area contributed by atoms with Gasteiger partial charge in [0.1, 0.15) is 0 Å². The maximum atomic E-state index is 12.8. The Bertz CT molecular complexity index is 384. The number of halogens is 3. The van der Waals surface area contributed by atoms with E-state index in [1.54, 1.807) is 6.08 Å². The standard InChI is InChI=1S/C14H17F3O/c1-2-13-6-8-3-9(7-13)5-10(4-8)11(13)12(18)14(15,16)17/h2,8-11H,1,3-7H2. The van der Waals surface area contributed by atoms with Gasteiger partial charge in [0, 0.05) is 5.92 Å². The van der Waals surface area contributed by atoms with Crippen LogP contribution >= 0.6 is 0 Å². The van der Waals surface area contributed by atoms with Crippen molar-refractivity contribution in [3.05, 3.63) is 12.7 Å². The summed E-state index contributed by atoms with van der Waals surface area (Å²) in [6, 6.07) is 0. The predicted octanol–water partition coefficient (Wildman–Crippen LogP) is 3.75. The summed E-state index contributed by atoms with van der Waals surface area (Å²) in [5.74, 6) is -1.41. The van der Waals surface area contributed by atoms with E-state index in [1.165, 1.54) is 0 Å². The van der Waals surface area contributed by atoms with Crippen molar-refractivity contribution in [3.63, 3.8) is 0 Å². The first-order valence-corrected chi connectivity index (χ1v) is 6.60. The van der Waals surface area contributed by atoms with Crippen molar-refractivity contribution in [3.8, 4) is 0 Å². The Balaban J connectivity index is 1.98. The molecule has 1 nitrogen and oxygen atoms in total. The van der Waals surface area contributed by atoms with Crippen LogP contribution in [0.2, 0.25) is 0 Å². The second-order valence-corrected chi connectivity index (χ2v) is 6.38. The second-order valence-electron chi connectivity index (χ2n) is 6.38. The minimum absolute atomic E-state index is 0.0663. The van der Waals surface area contributed by atoms with Crippen LogP contribution in [0.25, 0.3) is 0 Å². The molecule has 4 aliphatic carbocycles. The van der Waals surface area contributed by atoms with Gasteiger partial charge in [-0.25, -0.2) is 0 Å². The Hall–Kier alpha value is -0.800. The van der Waals surface area contributed by atoms with Gasteiger partial charge in [-0.2, -0.15) is 13.2 Å². The number of carbonyl (C=O) groups is 1. The molecular formula is C14H17F3O. The van der Waals surface area contributed by atoms with Crippen molar-refractivity contribution in [2.24, 2.45) is 29.1 Å². The SMILES string of the molecule is C=CC12CC3CC(CC(C3)C1C(=O)C(F)(F)F)C2. The molecule has 4 bridgehead atoms. The van der Waals surface area contributed by atoms with Crippen molar-refractivity contribution in [1.29, 1.82) is 0 Å². The highest BCUT2D eigenvalue weighted by Gasteiger charge is 2.61. The molecule has 3 unspecified atom stereocenters. The fourth-order valence-electron chi connectivity index (χ4n) is 5.05. The largest absolute Gasteiger partial charge is 0.450 e. The van der Waals surface area contributed by atoms with E-state index in [1.807, 2.05) is 0 Å². The van der Waals surface area contributed by atoms with Crippen LogP contribution in [-0.4, -0.2) is 12.0 Å². The summed E-state index contributed by atoms with van der Waals surface area (Å²) in [6.45, 7) is 3.75. The molecule has 4 rings (SSSR count). The van der Waals surface area contributed by atoms with E-state index >= 15 is 0 Å². The number of alkyl halides is 3. The number of Topliss-reactive ketones (excluding diaryl/α,β-unsaturated/α-hetero) is 1. The van der Waals surface area contributed by atoms with E-state index in [9.17, 15) is 18.0 Å². The topological polar surface area (TPSA) is 17.1 Å². The van der Waals surface area contributed by atoms with Crippen LogP contribution in [0, 0.1) is 29.1 Å². The van der Waals surface area contributed by atoms with Crippen LogP contribution in [0.3, 0.4) is 0 Å². The van der Waals surface area contributed by atoms with E-state index in [4.69, 9.17) is 0 Å². The highest BCUT2D eigenvalue weighted by molar-refractivity contribution is 5.88. The van der Waals surface area contributed by atoms with Gasteiger partial charge in [-0.15, -0.1) is 6.58 Å². The molecule has 0 saturated heterocycles. The monoisotopic (exact) mass is 258 g/mol. The van der Waals surface area contributed by atoms with E-state index in [0.717, 1.165) is 32.1 Å². The predicted molar refractivity (Wildman–Crippen MR) is 60.7 cm³/mol. The zero-order valence-corrected chi connectivity index (χ0v) is 10.2. The lowest BCUT2D eigenvalue weighted by molar-refractivity contribution is -0.192. The van der Waals surface area contributed by atoms with E-state index in [-0.39, 0.29) is 5.92 Å². The summed E-state index contributed by atoms with van der Waals surface area (Å²) >= 11 is 0. The average Bonchev–Trinajstić information content (AvgIpc) is 2.26. The third-order valence-corrected chi connectivity index (χ3v) is 5.34. The van der Waals surface area contributed by atoms with Crippen molar-refractivity contribution in [2.75, 3.05) is 0 Å². The summed E-state index contributed by atoms with van der Waals surface area (Å²) < 4.78 is 38.3. The number of allylic oxidation sites excluding steroid dienone is 1. The van der Waals surface area contributed by atoms with Gasteiger partial charge < -0.3 is 0 Å². The molecule has 0 aliphatic heterocycles. The first kappa shape index (κ1) is 12.2. The maximum absolute atomic E-state index is 12.8. The van der Waals surface area contributed by atoms with Crippen molar-refractivity contribution >= 4 is 5.78 Å². The Kier molecular flexibility index (Phi) is 2.46. The van der Waals surface area contributed by atoms with Crippen LogP contribution in [-0.2, 0) is 4.79 Å². The van der Waals surface area contributed by atoms with Crippen LogP contribution in [0.4, 0.5) is 13.2 Å². The minimum atomic E-state index is -4.70. The molecule has 4 saturated carbocycles. The van der Waals surface area contributed by atoms with Crippen LogP contribution in [0.15, 0.2) is 12.7 Å². The number of hydrogen-bond donors (Lipinski definition) is 0. The fraction of sp³-hybridized carbons (Fsp3) is 0.786.